The highest BCUT2D eigenvalue weighted by molar-refractivity contribution is 5.79. The molecule has 1 heterocycles. The first-order chi connectivity index (χ1) is 16.4. The molecule has 1 amide bonds. The Balaban J connectivity index is 1.35. The maximum atomic E-state index is 12.3. The Kier molecular flexibility index (Phi) is 6.49. The van der Waals surface area contributed by atoms with E-state index in [4.69, 9.17) is 10.00 Å². The maximum absolute atomic E-state index is 12.3. The minimum atomic E-state index is -1.58. The standard InChI is InChI=1S/C24H20N4O6/c25-10-20-21(28(32)33)9-14(11-26-20)23(30)22(29)12-27-24(31)34-13-19-17-7-3-1-5-15(17)16-6-2-4-8-18(16)19/h1-9,11,19,22-23,29-30H,12-13H2,(H,27,31). The summed E-state index contributed by atoms with van der Waals surface area (Å²) in [4.78, 5) is 26.2. The topological polar surface area (TPSA) is 159 Å². The second kappa shape index (κ2) is 9.66. The molecule has 4 rings (SSSR count). The fourth-order valence-corrected chi connectivity index (χ4v) is 4.03. The van der Waals surface area contributed by atoms with Crippen LogP contribution in [0, 0.1) is 21.4 Å². The molecule has 34 heavy (non-hydrogen) atoms. The van der Waals surface area contributed by atoms with Gasteiger partial charge in [0.1, 0.15) is 24.9 Å². The summed E-state index contributed by atoms with van der Waals surface area (Å²) in [5.74, 6) is -0.126. The van der Waals surface area contributed by atoms with Crippen LogP contribution in [0.2, 0.25) is 0 Å². The number of benzene rings is 2. The second-order valence-corrected chi connectivity index (χ2v) is 7.72. The van der Waals surface area contributed by atoms with Gasteiger partial charge in [-0.3, -0.25) is 10.1 Å². The molecule has 2 atom stereocenters. The monoisotopic (exact) mass is 460 g/mol. The molecule has 0 fully saturated rings. The van der Waals surface area contributed by atoms with Crippen LogP contribution >= 0.6 is 0 Å². The van der Waals surface area contributed by atoms with Gasteiger partial charge in [0.25, 0.3) is 0 Å². The van der Waals surface area contributed by atoms with E-state index >= 15 is 0 Å². The molecule has 0 radical (unpaired) electrons. The number of nitriles is 1. The molecule has 10 nitrogen and oxygen atoms in total. The average molecular weight is 460 g/mol. The number of alkyl carbamates (subject to hydrolysis) is 1. The normalized spacial score (nSPS) is 13.8. The molecule has 0 bridgehead atoms. The average Bonchev–Trinajstić information content (AvgIpc) is 3.18. The lowest BCUT2D eigenvalue weighted by Crippen LogP contribution is -2.36. The molecule has 3 N–H and O–H groups in total. The SMILES string of the molecule is N#Cc1ncc(C(O)C(O)CNC(=O)OCC2c3ccccc3-c3ccccc32)cc1[N+](=O)[O-]. The van der Waals surface area contributed by atoms with Crippen LogP contribution in [0.1, 0.15) is 34.4 Å². The molecule has 2 unspecified atom stereocenters. The van der Waals surface area contributed by atoms with Crippen molar-refractivity contribution in [2.75, 3.05) is 13.2 Å². The van der Waals surface area contributed by atoms with E-state index in [-0.39, 0.29) is 24.6 Å². The van der Waals surface area contributed by atoms with Crippen molar-refractivity contribution < 1.29 is 24.7 Å². The van der Waals surface area contributed by atoms with Gasteiger partial charge in [-0.25, -0.2) is 9.78 Å². The summed E-state index contributed by atoms with van der Waals surface area (Å²) >= 11 is 0. The summed E-state index contributed by atoms with van der Waals surface area (Å²) in [6.07, 6.45) is -2.79. The van der Waals surface area contributed by atoms with Gasteiger partial charge in [0.05, 0.1) is 4.92 Å². The highest BCUT2D eigenvalue weighted by Crippen LogP contribution is 2.44. The van der Waals surface area contributed by atoms with E-state index in [2.05, 4.69) is 10.3 Å². The summed E-state index contributed by atoms with van der Waals surface area (Å²) in [7, 11) is 0. The molecule has 1 aliphatic rings. The number of nitrogens with zero attached hydrogens (tertiary/aromatic N) is 3. The predicted molar refractivity (Wildman–Crippen MR) is 120 cm³/mol. The van der Waals surface area contributed by atoms with Crippen LogP contribution in [0.4, 0.5) is 10.5 Å². The van der Waals surface area contributed by atoms with Crippen LogP contribution in [-0.4, -0.2) is 45.5 Å². The van der Waals surface area contributed by atoms with Crippen molar-refractivity contribution in [3.8, 4) is 17.2 Å². The molecule has 0 saturated heterocycles. The zero-order valence-corrected chi connectivity index (χ0v) is 17.8. The first-order valence-electron chi connectivity index (χ1n) is 10.4. The molecule has 172 valence electrons. The van der Waals surface area contributed by atoms with Crippen molar-refractivity contribution in [3.63, 3.8) is 0 Å². The van der Waals surface area contributed by atoms with Crippen LogP contribution in [0.5, 0.6) is 0 Å². The number of aromatic nitrogens is 1. The van der Waals surface area contributed by atoms with Gasteiger partial charge in [-0.2, -0.15) is 5.26 Å². The third-order valence-corrected chi connectivity index (χ3v) is 5.70. The number of pyridine rings is 1. The molecule has 1 aliphatic carbocycles. The summed E-state index contributed by atoms with van der Waals surface area (Å²) in [5, 5.41) is 42.9. The lowest BCUT2D eigenvalue weighted by molar-refractivity contribution is -0.385. The number of carbonyl (C=O) groups is 1. The van der Waals surface area contributed by atoms with Crippen molar-refractivity contribution >= 4 is 11.8 Å². The van der Waals surface area contributed by atoms with Gasteiger partial charge in [0.2, 0.25) is 5.69 Å². The predicted octanol–water partition coefficient (Wildman–Crippen LogP) is 2.79. The molecule has 3 aromatic rings. The first kappa shape index (κ1) is 22.8. The fourth-order valence-electron chi connectivity index (χ4n) is 4.03. The van der Waals surface area contributed by atoms with Crippen LogP contribution in [0.25, 0.3) is 11.1 Å². The summed E-state index contributed by atoms with van der Waals surface area (Å²) in [5.41, 5.74) is 3.24. The number of rotatable bonds is 7. The van der Waals surface area contributed by atoms with Gasteiger partial charge < -0.3 is 20.3 Å². The number of nitrogens with one attached hydrogen (secondary N) is 1. The maximum Gasteiger partial charge on any atom is 0.407 e. The lowest BCUT2D eigenvalue weighted by atomic mass is 9.98. The van der Waals surface area contributed by atoms with E-state index < -0.39 is 34.6 Å². The number of amides is 1. The first-order valence-corrected chi connectivity index (χ1v) is 10.4. The van der Waals surface area contributed by atoms with Gasteiger partial charge in [-0.15, -0.1) is 0 Å². The van der Waals surface area contributed by atoms with Gasteiger partial charge in [-0.1, -0.05) is 48.5 Å². The summed E-state index contributed by atoms with van der Waals surface area (Å²) in [6, 6.07) is 18.4. The smallest absolute Gasteiger partial charge is 0.407 e. The van der Waals surface area contributed by atoms with E-state index in [1.807, 2.05) is 48.5 Å². The Bertz CT molecular complexity index is 1240. The second-order valence-electron chi connectivity index (χ2n) is 7.72. The summed E-state index contributed by atoms with van der Waals surface area (Å²) < 4.78 is 5.38. The number of aliphatic hydroxyl groups excluding tert-OH is 2. The van der Waals surface area contributed by atoms with E-state index in [1.54, 1.807) is 6.07 Å². The molecular formula is C24H20N4O6. The Morgan fingerprint density at radius 1 is 1.18 bits per heavy atom. The Hall–Kier alpha value is -4.33. The van der Waals surface area contributed by atoms with Crippen molar-refractivity contribution in [2.24, 2.45) is 0 Å². The van der Waals surface area contributed by atoms with E-state index in [0.717, 1.165) is 34.5 Å². The molecule has 10 heteroatoms. The molecule has 1 aromatic heterocycles. The van der Waals surface area contributed by atoms with Gasteiger partial charge in [0, 0.05) is 30.3 Å². The van der Waals surface area contributed by atoms with E-state index in [1.165, 1.54) is 0 Å². The number of fused-ring (bicyclic) bond motifs is 3. The number of carbonyl (C=O) groups excluding carboxylic acids is 1. The molecule has 0 aliphatic heterocycles. The van der Waals surface area contributed by atoms with Gasteiger partial charge in [0.15, 0.2) is 0 Å². The zero-order chi connectivity index (χ0) is 24.2. The van der Waals surface area contributed by atoms with Crippen LogP contribution in [0.3, 0.4) is 0 Å². The number of nitro groups is 1. The van der Waals surface area contributed by atoms with Crippen molar-refractivity contribution in [1.82, 2.24) is 10.3 Å². The van der Waals surface area contributed by atoms with Crippen molar-refractivity contribution in [1.29, 1.82) is 5.26 Å². The van der Waals surface area contributed by atoms with E-state index in [0.29, 0.717) is 0 Å². The Labute approximate surface area is 194 Å². The highest BCUT2D eigenvalue weighted by Gasteiger charge is 2.29. The van der Waals surface area contributed by atoms with Crippen molar-refractivity contribution in [2.45, 2.75) is 18.1 Å². The zero-order valence-electron chi connectivity index (χ0n) is 17.8. The highest BCUT2D eigenvalue weighted by atomic mass is 16.6. The third kappa shape index (κ3) is 4.43. The molecular weight excluding hydrogens is 440 g/mol. The minimum absolute atomic E-state index is 0.0625. The largest absolute Gasteiger partial charge is 0.449 e. The van der Waals surface area contributed by atoms with E-state index in [9.17, 15) is 25.1 Å². The Morgan fingerprint density at radius 2 is 1.79 bits per heavy atom. The van der Waals surface area contributed by atoms with Gasteiger partial charge in [-0.05, 0) is 22.3 Å². The van der Waals surface area contributed by atoms with Crippen molar-refractivity contribution in [3.05, 3.63) is 93.3 Å². The van der Waals surface area contributed by atoms with Crippen LogP contribution in [-0.2, 0) is 4.74 Å². The fraction of sp³-hybridized carbons (Fsp3) is 0.208. The number of ether oxygens (including phenoxy) is 1. The quantitative estimate of drug-likeness (QED) is 0.358. The molecule has 0 saturated carbocycles. The van der Waals surface area contributed by atoms with Crippen LogP contribution in [0.15, 0.2) is 60.8 Å². The molecule has 2 aromatic carbocycles. The number of aliphatic hydroxyl groups is 2. The number of hydrogen-bond acceptors (Lipinski definition) is 8. The number of hydrogen-bond donors (Lipinski definition) is 3. The summed E-state index contributed by atoms with van der Waals surface area (Å²) in [6.45, 7) is -0.282. The lowest BCUT2D eigenvalue weighted by Gasteiger charge is -2.19. The Morgan fingerprint density at radius 3 is 2.38 bits per heavy atom. The minimum Gasteiger partial charge on any atom is -0.449 e. The van der Waals surface area contributed by atoms with Gasteiger partial charge >= 0.3 is 11.8 Å². The third-order valence-electron chi connectivity index (χ3n) is 5.70. The van der Waals surface area contributed by atoms with Crippen LogP contribution < -0.4 is 5.32 Å². The molecule has 0 spiro atoms.